The van der Waals surface area contributed by atoms with Crippen molar-refractivity contribution < 1.29 is 4.74 Å². The van der Waals surface area contributed by atoms with Crippen LogP contribution in [-0.4, -0.2) is 40.6 Å². The Morgan fingerprint density at radius 3 is 2.60 bits per heavy atom. The fourth-order valence-corrected chi connectivity index (χ4v) is 4.11. The Kier molecular flexibility index (Phi) is 4.41. The smallest absolute Gasteiger partial charge is 0.263 e. The number of aromatic nitrogens is 2. The Balaban J connectivity index is 1.80. The van der Waals surface area contributed by atoms with Crippen LogP contribution in [0.1, 0.15) is 16.8 Å². The highest BCUT2D eigenvalue weighted by Crippen LogP contribution is 2.25. The number of nitrogens with zero attached hydrogens (tertiary/aromatic N) is 3. The molecule has 1 aliphatic rings. The first kappa shape index (κ1) is 16.4. The molecule has 3 aromatic rings. The molecule has 2 aromatic heterocycles. The number of benzene rings is 1. The van der Waals surface area contributed by atoms with E-state index in [0.717, 1.165) is 53.8 Å². The lowest BCUT2D eigenvalue weighted by molar-refractivity contribution is 0.0338. The van der Waals surface area contributed by atoms with Gasteiger partial charge in [-0.25, -0.2) is 4.98 Å². The predicted molar refractivity (Wildman–Crippen MR) is 100 cm³/mol. The van der Waals surface area contributed by atoms with Crippen molar-refractivity contribution in [1.82, 2.24) is 14.3 Å². The van der Waals surface area contributed by atoms with Crippen LogP contribution in [0, 0.1) is 13.8 Å². The number of thiazole rings is 1. The van der Waals surface area contributed by atoms with E-state index in [9.17, 15) is 4.79 Å². The van der Waals surface area contributed by atoms with E-state index < -0.39 is 0 Å². The van der Waals surface area contributed by atoms with Crippen molar-refractivity contribution in [2.45, 2.75) is 20.4 Å². The molecule has 130 valence electrons. The molecule has 1 aliphatic heterocycles. The molecular formula is C19H21N3O2S. The van der Waals surface area contributed by atoms with Crippen LogP contribution >= 0.6 is 11.3 Å². The maximum Gasteiger partial charge on any atom is 0.263 e. The lowest BCUT2D eigenvalue weighted by Gasteiger charge is -2.26. The van der Waals surface area contributed by atoms with Gasteiger partial charge >= 0.3 is 0 Å². The molecular weight excluding hydrogens is 334 g/mol. The zero-order valence-electron chi connectivity index (χ0n) is 14.5. The Bertz CT molecular complexity index is 953. The van der Waals surface area contributed by atoms with E-state index >= 15 is 0 Å². The van der Waals surface area contributed by atoms with E-state index in [1.54, 1.807) is 4.40 Å². The van der Waals surface area contributed by atoms with Crippen LogP contribution in [0.25, 0.3) is 16.2 Å². The Hall–Kier alpha value is -2.02. The minimum absolute atomic E-state index is 0.0471. The first-order valence-corrected chi connectivity index (χ1v) is 9.38. The van der Waals surface area contributed by atoms with Crippen molar-refractivity contribution in [2.24, 2.45) is 0 Å². The molecule has 0 unspecified atom stereocenters. The maximum atomic E-state index is 13.2. The second-order valence-electron chi connectivity index (χ2n) is 6.47. The second kappa shape index (κ2) is 6.71. The van der Waals surface area contributed by atoms with E-state index in [4.69, 9.17) is 4.74 Å². The summed E-state index contributed by atoms with van der Waals surface area (Å²) in [5.74, 6) is 0. The third-order valence-electron chi connectivity index (χ3n) is 4.70. The molecule has 5 nitrogen and oxygen atoms in total. The van der Waals surface area contributed by atoms with Crippen LogP contribution < -0.4 is 5.56 Å². The molecule has 0 saturated carbocycles. The topological polar surface area (TPSA) is 46.8 Å². The predicted octanol–water partition coefficient (Wildman–Crippen LogP) is 2.87. The van der Waals surface area contributed by atoms with Crippen LogP contribution in [0.5, 0.6) is 0 Å². The molecule has 0 bridgehead atoms. The molecule has 1 fully saturated rings. The number of fused-ring (bicyclic) bond motifs is 1. The molecule has 0 atom stereocenters. The molecule has 4 rings (SSSR count). The van der Waals surface area contributed by atoms with Gasteiger partial charge in [0, 0.05) is 25.0 Å². The van der Waals surface area contributed by atoms with Crippen LogP contribution in [-0.2, 0) is 11.3 Å². The summed E-state index contributed by atoms with van der Waals surface area (Å²) in [6.45, 7) is 7.79. The van der Waals surface area contributed by atoms with Crippen molar-refractivity contribution in [3.8, 4) is 11.3 Å². The zero-order chi connectivity index (χ0) is 17.4. The first-order chi connectivity index (χ1) is 12.1. The lowest BCUT2D eigenvalue weighted by Crippen LogP contribution is -2.38. The minimum Gasteiger partial charge on any atom is -0.379 e. The van der Waals surface area contributed by atoms with Gasteiger partial charge < -0.3 is 4.74 Å². The molecule has 1 saturated heterocycles. The summed E-state index contributed by atoms with van der Waals surface area (Å²) in [6.07, 6.45) is 0. The van der Waals surface area contributed by atoms with Gasteiger partial charge in [-0.2, -0.15) is 0 Å². The standard InChI is InChI=1S/C19H21N3O2S/c1-13-3-5-15(6-4-13)17-12-25-19-20-14(2)16(18(23)22(17)19)11-21-7-9-24-10-8-21/h3-6,12H,7-11H2,1-2H3. The quantitative estimate of drug-likeness (QED) is 0.725. The molecule has 0 radical (unpaired) electrons. The van der Waals surface area contributed by atoms with Crippen molar-refractivity contribution in [2.75, 3.05) is 26.3 Å². The summed E-state index contributed by atoms with van der Waals surface area (Å²) in [4.78, 5) is 20.9. The molecule has 25 heavy (non-hydrogen) atoms. The molecule has 3 heterocycles. The summed E-state index contributed by atoms with van der Waals surface area (Å²) < 4.78 is 7.17. The molecule has 0 aliphatic carbocycles. The van der Waals surface area contributed by atoms with Crippen molar-refractivity contribution in [3.05, 3.63) is 56.8 Å². The summed E-state index contributed by atoms with van der Waals surface area (Å²) in [5.41, 5.74) is 4.83. The van der Waals surface area contributed by atoms with Gasteiger partial charge in [0.05, 0.1) is 30.2 Å². The van der Waals surface area contributed by atoms with E-state index in [1.165, 1.54) is 16.9 Å². The fraction of sp³-hybridized carbons (Fsp3) is 0.368. The van der Waals surface area contributed by atoms with Crippen LogP contribution in [0.15, 0.2) is 34.4 Å². The third-order valence-corrected chi connectivity index (χ3v) is 5.53. The number of hydrogen-bond acceptors (Lipinski definition) is 5. The van der Waals surface area contributed by atoms with Gasteiger partial charge in [-0.1, -0.05) is 29.8 Å². The normalized spacial score (nSPS) is 15.8. The van der Waals surface area contributed by atoms with Crippen molar-refractivity contribution in [3.63, 3.8) is 0 Å². The summed E-state index contributed by atoms with van der Waals surface area (Å²) in [5, 5.41) is 2.02. The molecule has 0 amide bonds. The van der Waals surface area contributed by atoms with E-state index in [-0.39, 0.29) is 5.56 Å². The number of rotatable bonds is 3. The SMILES string of the molecule is Cc1ccc(-c2csc3nc(C)c(CN4CCOCC4)c(=O)n23)cc1. The minimum atomic E-state index is 0.0471. The highest BCUT2D eigenvalue weighted by Gasteiger charge is 2.18. The second-order valence-corrected chi connectivity index (χ2v) is 7.31. The molecule has 1 aromatic carbocycles. The van der Waals surface area contributed by atoms with Gasteiger partial charge in [0.1, 0.15) is 0 Å². The zero-order valence-corrected chi connectivity index (χ0v) is 15.3. The number of aryl methyl sites for hydroxylation is 2. The Labute approximate surface area is 150 Å². The lowest BCUT2D eigenvalue weighted by atomic mass is 10.1. The fourth-order valence-electron chi connectivity index (χ4n) is 3.18. The van der Waals surface area contributed by atoms with Gasteiger partial charge in [0.25, 0.3) is 5.56 Å². The highest BCUT2D eigenvalue weighted by molar-refractivity contribution is 7.15. The van der Waals surface area contributed by atoms with Crippen LogP contribution in [0.4, 0.5) is 0 Å². The van der Waals surface area contributed by atoms with Crippen molar-refractivity contribution in [1.29, 1.82) is 0 Å². The van der Waals surface area contributed by atoms with Gasteiger partial charge in [-0.05, 0) is 19.4 Å². The first-order valence-electron chi connectivity index (χ1n) is 8.50. The van der Waals surface area contributed by atoms with Gasteiger partial charge in [0.15, 0.2) is 4.96 Å². The van der Waals surface area contributed by atoms with E-state index in [1.807, 2.05) is 12.3 Å². The largest absolute Gasteiger partial charge is 0.379 e. The number of hydrogen-bond donors (Lipinski definition) is 0. The van der Waals surface area contributed by atoms with Crippen LogP contribution in [0.3, 0.4) is 0 Å². The highest BCUT2D eigenvalue weighted by atomic mass is 32.1. The number of morpholine rings is 1. The molecule has 0 spiro atoms. The van der Waals surface area contributed by atoms with E-state index in [0.29, 0.717) is 6.54 Å². The Morgan fingerprint density at radius 2 is 1.88 bits per heavy atom. The monoisotopic (exact) mass is 355 g/mol. The molecule has 0 N–H and O–H groups in total. The summed E-state index contributed by atoms with van der Waals surface area (Å²) in [6, 6.07) is 8.26. The molecule has 6 heteroatoms. The third kappa shape index (κ3) is 3.13. The average molecular weight is 355 g/mol. The number of ether oxygens (including phenoxy) is 1. The van der Waals surface area contributed by atoms with E-state index in [2.05, 4.69) is 41.1 Å². The van der Waals surface area contributed by atoms with Crippen LogP contribution in [0.2, 0.25) is 0 Å². The summed E-state index contributed by atoms with van der Waals surface area (Å²) >= 11 is 1.51. The summed E-state index contributed by atoms with van der Waals surface area (Å²) in [7, 11) is 0. The van der Waals surface area contributed by atoms with Gasteiger partial charge in [-0.3, -0.25) is 14.1 Å². The average Bonchev–Trinajstić information content (AvgIpc) is 3.04. The van der Waals surface area contributed by atoms with Gasteiger partial charge in [-0.15, -0.1) is 11.3 Å². The Morgan fingerprint density at radius 1 is 1.16 bits per heavy atom. The van der Waals surface area contributed by atoms with Gasteiger partial charge in [0.2, 0.25) is 0 Å². The maximum absolute atomic E-state index is 13.2. The van der Waals surface area contributed by atoms with Crippen molar-refractivity contribution >= 4 is 16.3 Å².